The smallest absolute Gasteiger partial charge is 0.0324 e. The molecule has 0 N–H and O–H groups in total. The fraction of sp³-hybridized carbons (Fsp3) is 0.182. The van der Waals surface area contributed by atoms with Gasteiger partial charge < -0.3 is 0 Å². The molecule has 2 aliphatic carbocycles. The first-order chi connectivity index (χ1) is 31.8. The quantitative estimate of drug-likeness (QED) is 0.120. The van der Waals surface area contributed by atoms with Crippen LogP contribution in [0, 0.1) is 10.8 Å². The Morgan fingerprint density at radius 3 is 1.12 bits per heavy atom. The number of hydrogen-bond donors (Lipinski definition) is 0. The molecule has 11 aromatic rings. The van der Waals surface area contributed by atoms with Gasteiger partial charge in [0.05, 0.1) is 0 Å². The minimum absolute atomic E-state index is 0.138. The van der Waals surface area contributed by atoms with Crippen molar-refractivity contribution in [1.82, 2.24) is 0 Å². The average molecular weight is 847 g/mol. The molecule has 0 fully saturated rings. The first-order valence-electron chi connectivity index (χ1n) is 23.9. The van der Waals surface area contributed by atoms with Crippen molar-refractivity contribution < 1.29 is 0 Å². The van der Waals surface area contributed by atoms with Crippen LogP contribution < -0.4 is 0 Å². The van der Waals surface area contributed by atoms with Crippen molar-refractivity contribution in [3.8, 4) is 44.5 Å². The molecule has 2 aliphatic rings. The molecule has 0 radical (unpaired) electrons. The van der Waals surface area contributed by atoms with E-state index in [1.54, 1.807) is 0 Å². The van der Waals surface area contributed by atoms with Gasteiger partial charge in [0, 0.05) is 10.8 Å². The first kappa shape index (κ1) is 39.4. The average Bonchev–Trinajstić information content (AvgIpc) is 3.78. The lowest BCUT2D eigenvalue weighted by molar-refractivity contribution is 0.0977. The Bertz CT molecular complexity index is 3840. The zero-order chi connectivity index (χ0) is 45.1. The lowest BCUT2D eigenvalue weighted by Crippen LogP contribution is -2.50. The minimum Gasteiger partial charge on any atom is -0.0619 e. The maximum absolute atomic E-state index is 2.63. The standard InChI is InChI=1S/C66H54/c1-63(2,3)66(64(4,5)6)61-49-33-19-12-26-42(49)52(37-54(61)60-44-28-14-9-23-39(44)40-24-11-20-34-50(40)62(60)66)57-45-29-15-17-31-47(45)58(48-32-18-16-30-46(48)57)53-38-56-59(43-27-13-10-25-41(43)53)51-35-21-22-36-55(51)65(56,7)8/h9-38H,1-8H3. The van der Waals surface area contributed by atoms with E-state index in [1.165, 1.54) is 131 Å². The molecular formula is C66H54. The van der Waals surface area contributed by atoms with Crippen LogP contribution in [0.15, 0.2) is 182 Å². The Morgan fingerprint density at radius 1 is 0.273 bits per heavy atom. The normalized spacial score (nSPS) is 14.9. The van der Waals surface area contributed by atoms with Gasteiger partial charge in [-0.25, -0.2) is 0 Å². The first-order valence-corrected chi connectivity index (χ1v) is 23.9. The topological polar surface area (TPSA) is 0 Å². The number of hydrogen-bond acceptors (Lipinski definition) is 0. The Balaban J connectivity index is 1.20. The molecule has 0 heteroatoms. The molecule has 0 saturated carbocycles. The van der Waals surface area contributed by atoms with Gasteiger partial charge in [-0.15, -0.1) is 0 Å². The second kappa shape index (κ2) is 13.3. The Labute approximate surface area is 388 Å². The monoisotopic (exact) mass is 846 g/mol. The molecule has 66 heavy (non-hydrogen) atoms. The second-order valence-corrected chi connectivity index (χ2v) is 21.9. The molecule has 0 heterocycles. The van der Waals surface area contributed by atoms with Crippen LogP contribution in [0.2, 0.25) is 0 Å². The van der Waals surface area contributed by atoms with Crippen molar-refractivity contribution in [2.24, 2.45) is 10.8 Å². The van der Waals surface area contributed by atoms with Gasteiger partial charge in [-0.05, 0) is 154 Å². The summed E-state index contributed by atoms with van der Waals surface area (Å²) < 4.78 is 0. The summed E-state index contributed by atoms with van der Waals surface area (Å²) in [7, 11) is 0. The summed E-state index contributed by atoms with van der Waals surface area (Å²) in [4.78, 5) is 0. The summed E-state index contributed by atoms with van der Waals surface area (Å²) in [5.74, 6) is 0. The molecule has 0 atom stereocenters. The van der Waals surface area contributed by atoms with E-state index < -0.39 is 0 Å². The van der Waals surface area contributed by atoms with E-state index in [2.05, 4.69) is 237 Å². The van der Waals surface area contributed by atoms with Crippen LogP contribution in [0.3, 0.4) is 0 Å². The third-order valence-electron chi connectivity index (χ3n) is 16.3. The predicted octanol–water partition coefficient (Wildman–Crippen LogP) is 18.6. The Morgan fingerprint density at radius 2 is 0.621 bits per heavy atom. The van der Waals surface area contributed by atoms with Crippen LogP contribution >= 0.6 is 0 Å². The molecule has 13 rings (SSSR count). The third kappa shape index (κ3) is 4.84. The number of benzene rings is 11. The zero-order valence-corrected chi connectivity index (χ0v) is 39.3. The summed E-state index contributed by atoms with van der Waals surface area (Å²) in [6.45, 7) is 19.8. The van der Waals surface area contributed by atoms with Crippen LogP contribution in [0.25, 0.3) is 109 Å². The van der Waals surface area contributed by atoms with Crippen LogP contribution in [-0.2, 0) is 10.8 Å². The van der Waals surface area contributed by atoms with Crippen molar-refractivity contribution in [3.63, 3.8) is 0 Å². The summed E-state index contributed by atoms with van der Waals surface area (Å²) in [6.07, 6.45) is 0. The molecule has 0 amide bonds. The second-order valence-electron chi connectivity index (χ2n) is 21.9. The largest absolute Gasteiger partial charge is 0.0619 e. The van der Waals surface area contributed by atoms with Crippen LogP contribution in [0.5, 0.6) is 0 Å². The lowest BCUT2D eigenvalue weighted by Gasteiger charge is -2.54. The molecule has 0 nitrogen and oxygen atoms in total. The molecular weight excluding hydrogens is 793 g/mol. The predicted molar refractivity (Wildman–Crippen MR) is 285 cm³/mol. The Hall–Kier alpha value is -7.02. The molecule has 0 aliphatic heterocycles. The van der Waals surface area contributed by atoms with E-state index in [-0.39, 0.29) is 21.7 Å². The molecule has 0 aromatic heterocycles. The summed E-state index contributed by atoms with van der Waals surface area (Å²) in [5.41, 5.74) is 15.7. The fourth-order valence-electron chi connectivity index (χ4n) is 14.2. The molecule has 0 saturated heterocycles. The zero-order valence-electron chi connectivity index (χ0n) is 39.3. The van der Waals surface area contributed by atoms with E-state index in [9.17, 15) is 0 Å². The highest BCUT2D eigenvalue weighted by molar-refractivity contribution is 6.28. The highest BCUT2D eigenvalue weighted by atomic mass is 14.6. The van der Waals surface area contributed by atoms with Gasteiger partial charge in [0.15, 0.2) is 0 Å². The summed E-state index contributed by atoms with van der Waals surface area (Å²) in [6, 6.07) is 69.8. The molecule has 0 spiro atoms. The van der Waals surface area contributed by atoms with E-state index in [0.717, 1.165) is 0 Å². The van der Waals surface area contributed by atoms with Gasteiger partial charge >= 0.3 is 0 Å². The molecule has 0 bridgehead atoms. The third-order valence-corrected chi connectivity index (χ3v) is 16.3. The van der Waals surface area contributed by atoms with Crippen molar-refractivity contribution in [1.29, 1.82) is 0 Å². The van der Waals surface area contributed by atoms with E-state index >= 15 is 0 Å². The number of rotatable bonds is 2. The van der Waals surface area contributed by atoms with Crippen molar-refractivity contribution in [2.45, 2.75) is 66.2 Å². The SMILES string of the molecule is CC1(C)c2ccccc2-c2c1cc(-c1c3ccccc3c(-c3cc4c(c5ccccc35)C(C(C)(C)C)(C(C)(C)C)c3c-4c4ccccc4c4ccccc34)c3ccccc13)c1ccccc21. The van der Waals surface area contributed by atoms with Gasteiger partial charge in [-0.1, -0.05) is 225 Å². The van der Waals surface area contributed by atoms with E-state index in [4.69, 9.17) is 0 Å². The van der Waals surface area contributed by atoms with Gasteiger partial charge in [0.1, 0.15) is 0 Å². The number of fused-ring (bicyclic) bond motifs is 17. The van der Waals surface area contributed by atoms with Crippen LogP contribution in [-0.4, -0.2) is 0 Å². The van der Waals surface area contributed by atoms with Crippen molar-refractivity contribution in [3.05, 3.63) is 204 Å². The van der Waals surface area contributed by atoms with E-state index in [1.807, 2.05) is 0 Å². The van der Waals surface area contributed by atoms with Gasteiger partial charge in [-0.3, -0.25) is 0 Å². The van der Waals surface area contributed by atoms with Crippen LogP contribution in [0.4, 0.5) is 0 Å². The summed E-state index contributed by atoms with van der Waals surface area (Å²) >= 11 is 0. The Kier molecular flexibility index (Phi) is 7.93. The highest BCUT2D eigenvalue weighted by Gasteiger charge is 2.59. The summed E-state index contributed by atoms with van der Waals surface area (Å²) in [5, 5.41) is 15.8. The van der Waals surface area contributed by atoms with Gasteiger partial charge in [-0.2, -0.15) is 0 Å². The van der Waals surface area contributed by atoms with Crippen LogP contribution in [0.1, 0.15) is 77.6 Å². The minimum atomic E-state index is -0.331. The molecule has 11 aromatic carbocycles. The maximum Gasteiger partial charge on any atom is 0.0324 e. The molecule has 0 unspecified atom stereocenters. The van der Waals surface area contributed by atoms with Crippen molar-refractivity contribution in [2.75, 3.05) is 0 Å². The van der Waals surface area contributed by atoms with Crippen molar-refractivity contribution >= 4 is 64.6 Å². The fourth-order valence-corrected chi connectivity index (χ4v) is 14.2. The highest BCUT2D eigenvalue weighted by Crippen LogP contribution is 2.69. The van der Waals surface area contributed by atoms with E-state index in [0.29, 0.717) is 0 Å². The molecule has 318 valence electrons. The maximum atomic E-state index is 2.63. The van der Waals surface area contributed by atoms with Gasteiger partial charge in [0.2, 0.25) is 0 Å². The lowest BCUT2D eigenvalue weighted by atomic mass is 9.49. The van der Waals surface area contributed by atoms with Gasteiger partial charge in [0.25, 0.3) is 0 Å².